The summed E-state index contributed by atoms with van der Waals surface area (Å²) in [6.45, 7) is 0.705. The van der Waals surface area contributed by atoms with Gasteiger partial charge in [0.1, 0.15) is 5.75 Å². The van der Waals surface area contributed by atoms with Crippen molar-refractivity contribution in [3.8, 4) is 5.75 Å². The van der Waals surface area contributed by atoms with Crippen molar-refractivity contribution < 1.29 is 5.11 Å². The minimum atomic E-state index is 0.329. The number of rotatable bonds is 3. The van der Waals surface area contributed by atoms with Crippen LogP contribution in [0.3, 0.4) is 0 Å². The molecule has 0 aromatic heterocycles. The van der Waals surface area contributed by atoms with Gasteiger partial charge in [-0.3, -0.25) is 0 Å². The van der Waals surface area contributed by atoms with E-state index < -0.39 is 0 Å². The zero-order valence-electron chi connectivity index (χ0n) is 10.1. The quantitative estimate of drug-likeness (QED) is 0.802. The Bertz CT molecular complexity index is 359. The van der Waals surface area contributed by atoms with Crippen LogP contribution in [0.1, 0.15) is 44.1 Å². The molecule has 1 fully saturated rings. The van der Waals surface area contributed by atoms with Crippen molar-refractivity contribution in [2.24, 2.45) is 0 Å². The van der Waals surface area contributed by atoms with Gasteiger partial charge in [-0.2, -0.15) is 0 Å². The van der Waals surface area contributed by atoms with Crippen molar-refractivity contribution >= 4 is 11.6 Å². The van der Waals surface area contributed by atoms with Gasteiger partial charge in [-0.1, -0.05) is 37.3 Å². The van der Waals surface area contributed by atoms with Gasteiger partial charge in [0.2, 0.25) is 0 Å². The molecule has 1 saturated carbocycles. The van der Waals surface area contributed by atoms with Crippen LogP contribution in [-0.2, 0) is 6.54 Å². The summed E-state index contributed by atoms with van der Waals surface area (Å²) in [5, 5.41) is 13.9. The Morgan fingerprint density at radius 1 is 1.18 bits per heavy atom. The fourth-order valence-electron chi connectivity index (χ4n) is 2.43. The first-order chi connectivity index (χ1) is 8.25. The number of hydrogen-bond donors (Lipinski definition) is 2. The fourth-order valence-corrected chi connectivity index (χ4v) is 2.63. The molecule has 2 N–H and O–H groups in total. The summed E-state index contributed by atoms with van der Waals surface area (Å²) in [5.41, 5.74) is 0.891. The van der Waals surface area contributed by atoms with E-state index in [0.717, 1.165) is 5.56 Å². The van der Waals surface area contributed by atoms with E-state index in [4.69, 9.17) is 11.6 Å². The Balaban J connectivity index is 1.89. The second kappa shape index (κ2) is 6.27. The van der Waals surface area contributed by atoms with E-state index in [2.05, 4.69) is 5.32 Å². The van der Waals surface area contributed by atoms with Gasteiger partial charge < -0.3 is 10.4 Å². The largest absolute Gasteiger partial charge is 0.508 e. The maximum absolute atomic E-state index is 9.72. The molecule has 2 nitrogen and oxygen atoms in total. The highest BCUT2D eigenvalue weighted by atomic mass is 35.5. The number of phenols is 1. The zero-order chi connectivity index (χ0) is 12.1. The third-order valence-electron chi connectivity index (χ3n) is 3.48. The Kier molecular flexibility index (Phi) is 4.69. The van der Waals surface area contributed by atoms with Crippen molar-refractivity contribution in [1.29, 1.82) is 0 Å². The lowest BCUT2D eigenvalue weighted by molar-refractivity contribution is 0.437. The molecule has 3 heteroatoms. The van der Waals surface area contributed by atoms with Crippen molar-refractivity contribution in [3.05, 3.63) is 28.8 Å². The Morgan fingerprint density at radius 3 is 2.59 bits per heavy atom. The van der Waals surface area contributed by atoms with Gasteiger partial charge >= 0.3 is 0 Å². The molecule has 2 rings (SSSR count). The van der Waals surface area contributed by atoms with Gasteiger partial charge in [0.15, 0.2) is 0 Å². The van der Waals surface area contributed by atoms with Gasteiger partial charge in [-0.25, -0.2) is 0 Å². The van der Waals surface area contributed by atoms with Gasteiger partial charge in [0.25, 0.3) is 0 Å². The molecule has 1 aromatic carbocycles. The number of aromatic hydroxyl groups is 1. The lowest BCUT2D eigenvalue weighted by atomic mass is 10.1. The van der Waals surface area contributed by atoms with Crippen molar-refractivity contribution in [2.45, 2.75) is 51.1 Å². The van der Waals surface area contributed by atoms with Crippen LogP contribution >= 0.6 is 11.6 Å². The average molecular weight is 254 g/mol. The third-order valence-corrected chi connectivity index (χ3v) is 3.71. The molecule has 0 bridgehead atoms. The topological polar surface area (TPSA) is 32.3 Å². The van der Waals surface area contributed by atoms with Crippen molar-refractivity contribution in [1.82, 2.24) is 5.32 Å². The maximum Gasteiger partial charge on any atom is 0.120 e. The number of benzene rings is 1. The predicted molar refractivity (Wildman–Crippen MR) is 71.4 cm³/mol. The summed E-state index contributed by atoms with van der Waals surface area (Å²) in [6.07, 6.45) is 7.86. The number of hydrogen-bond acceptors (Lipinski definition) is 2. The lowest BCUT2D eigenvalue weighted by Crippen LogP contribution is -2.27. The van der Waals surface area contributed by atoms with E-state index >= 15 is 0 Å². The summed E-state index contributed by atoms with van der Waals surface area (Å²) in [7, 11) is 0. The third kappa shape index (κ3) is 3.90. The van der Waals surface area contributed by atoms with Crippen LogP contribution in [0.15, 0.2) is 18.2 Å². The van der Waals surface area contributed by atoms with Crippen LogP contribution in [0.2, 0.25) is 5.02 Å². The standard InChI is InChI=1S/C14H20ClNO/c15-12-7-8-14(17)11(9-12)10-16-13-5-3-1-2-4-6-13/h7-9,13,16-17H,1-6,10H2. The number of halogens is 1. The Hall–Kier alpha value is -0.730. The smallest absolute Gasteiger partial charge is 0.120 e. The van der Waals surface area contributed by atoms with Gasteiger partial charge in [-0.15, -0.1) is 0 Å². The Labute approximate surface area is 108 Å². The van der Waals surface area contributed by atoms with Crippen molar-refractivity contribution in [2.75, 3.05) is 0 Å². The molecule has 0 spiro atoms. The van der Waals surface area contributed by atoms with Gasteiger partial charge in [-0.05, 0) is 31.0 Å². The molecule has 0 radical (unpaired) electrons. The van der Waals surface area contributed by atoms with E-state index in [1.54, 1.807) is 12.1 Å². The van der Waals surface area contributed by atoms with Crippen LogP contribution in [-0.4, -0.2) is 11.1 Å². The Morgan fingerprint density at radius 2 is 1.88 bits per heavy atom. The number of phenolic OH excluding ortho intramolecular Hbond substituents is 1. The van der Waals surface area contributed by atoms with Crippen LogP contribution in [0.4, 0.5) is 0 Å². The molecule has 0 heterocycles. The SMILES string of the molecule is Oc1ccc(Cl)cc1CNC1CCCCCC1. The summed E-state index contributed by atoms with van der Waals surface area (Å²) in [4.78, 5) is 0. The predicted octanol–water partition coefficient (Wildman–Crippen LogP) is 3.86. The fraction of sp³-hybridized carbons (Fsp3) is 0.571. The second-order valence-corrected chi connectivity index (χ2v) is 5.28. The monoisotopic (exact) mass is 253 g/mol. The molecule has 1 aliphatic rings. The minimum absolute atomic E-state index is 0.329. The summed E-state index contributed by atoms with van der Waals surface area (Å²) in [6, 6.07) is 5.80. The molecule has 0 atom stereocenters. The van der Waals surface area contributed by atoms with Crippen LogP contribution in [0.25, 0.3) is 0 Å². The lowest BCUT2D eigenvalue weighted by Gasteiger charge is -2.16. The molecular weight excluding hydrogens is 234 g/mol. The molecule has 0 aliphatic heterocycles. The molecule has 1 aromatic rings. The second-order valence-electron chi connectivity index (χ2n) is 4.84. The van der Waals surface area contributed by atoms with Crippen LogP contribution < -0.4 is 5.32 Å². The maximum atomic E-state index is 9.72. The van der Waals surface area contributed by atoms with Crippen LogP contribution in [0, 0.1) is 0 Å². The highest BCUT2D eigenvalue weighted by Gasteiger charge is 2.12. The molecule has 0 saturated heterocycles. The molecule has 1 aliphatic carbocycles. The molecule has 94 valence electrons. The van der Waals surface area contributed by atoms with Crippen LogP contribution in [0.5, 0.6) is 5.75 Å². The first-order valence-corrected chi connectivity index (χ1v) is 6.84. The van der Waals surface area contributed by atoms with E-state index in [1.807, 2.05) is 6.07 Å². The first kappa shape index (κ1) is 12.7. The molecule has 17 heavy (non-hydrogen) atoms. The van der Waals surface area contributed by atoms with E-state index in [1.165, 1.54) is 38.5 Å². The van der Waals surface area contributed by atoms with E-state index in [9.17, 15) is 5.11 Å². The van der Waals surface area contributed by atoms with Gasteiger partial charge in [0, 0.05) is 23.2 Å². The zero-order valence-corrected chi connectivity index (χ0v) is 10.8. The average Bonchev–Trinajstić information content (AvgIpc) is 2.59. The van der Waals surface area contributed by atoms with E-state index in [0.29, 0.717) is 23.4 Å². The van der Waals surface area contributed by atoms with Crippen molar-refractivity contribution in [3.63, 3.8) is 0 Å². The molecular formula is C14H20ClNO. The van der Waals surface area contributed by atoms with Gasteiger partial charge in [0.05, 0.1) is 0 Å². The van der Waals surface area contributed by atoms with E-state index in [-0.39, 0.29) is 0 Å². The summed E-state index contributed by atoms with van der Waals surface area (Å²) in [5.74, 6) is 0.329. The highest BCUT2D eigenvalue weighted by Crippen LogP contribution is 2.22. The minimum Gasteiger partial charge on any atom is -0.508 e. The molecule has 0 amide bonds. The molecule has 0 unspecified atom stereocenters. The summed E-state index contributed by atoms with van der Waals surface area (Å²) >= 11 is 5.93. The number of nitrogens with one attached hydrogen (secondary N) is 1. The highest BCUT2D eigenvalue weighted by molar-refractivity contribution is 6.30. The summed E-state index contributed by atoms with van der Waals surface area (Å²) < 4.78 is 0. The normalized spacial score (nSPS) is 17.9. The first-order valence-electron chi connectivity index (χ1n) is 6.46.